The van der Waals surface area contributed by atoms with E-state index in [1.807, 2.05) is 66.9 Å². The summed E-state index contributed by atoms with van der Waals surface area (Å²) in [5.74, 6) is 0.0153. The van der Waals surface area contributed by atoms with Crippen LogP contribution >= 0.6 is 11.3 Å². The van der Waals surface area contributed by atoms with Gasteiger partial charge in [-0.15, -0.1) is 11.3 Å². The highest BCUT2D eigenvalue weighted by Gasteiger charge is 2.14. The van der Waals surface area contributed by atoms with Gasteiger partial charge in [0, 0.05) is 19.5 Å². The van der Waals surface area contributed by atoms with Crippen LogP contribution in [0.3, 0.4) is 0 Å². The molecule has 34 heavy (non-hydrogen) atoms. The Balaban J connectivity index is 1.37. The van der Waals surface area contributed by atoms with Gasteiger partial charge >= 0.3 is 5.69 Å². The molecule has 4 aromatic rings. The summed E-state index contributed by atoms with van der Waals surface area (Å²) < 4.78 is 3.65. The highest BCUT2D eigenvalue weighted by atomic mass is 32.1. The van der Waals surface area contributed by atoms with Crippen LogP contribution in [0.2, 0.25) is 0 Å². The van der Waals surface area contributed by atoms with Gasteiger partial charge in [0.15, 0.2) is 0 Å². The first-order chi connectivity index (χ1) is 16.5. The second-order valence-corrected chi connectivity index (χ2v) is 9.44. The van der Waals surface area contributed by atoms with E-state index < -0.39 is 0 Å². The number of hydrogen-bond acceptors (Lipinski definition) is 4. The first kappa shape index (κ1) is 23.7. The minimum absolute atomic E-state index is 0.0153. The average Bonchev–Trinajstić information content (AvgIpc) is 3.33. The molecule has 0 aliphatic heterocycles. The fourth-order valence-electron chi connectivity index (χ4n) is 4.09. The standard InChI is InChI=1S/C27H29N3O3S/c1-20-9-8-12-22(17-20)19-30-23-14-16-34-25(23)26(32)29(27(30)33)15-7-3-6-13-24(31)28-18-21-10-4-2-5-11-21/h2,4-5,8-12,14,16-17H,3,6-7,13,15,18-19H2,1H3,(H,28,31). The van der Waals surface area contributed by atoms with E-state index >= 15 is 0 Å². The molecular formula is C27H29N3O3S. The van der Waals surface area contributed by atoms with Crippen molar-refractivity contribution in [1.82, 2.24) is 14.5 Å². The Hall–Kier alpha value is -3.45. The molecule has 0 saturated carbocycles. The first-order valence-electron chi connectivity index (χ1n) is 11.6. The van der Waals surface area contributed by atoms with Gasteiger partial charge in [0.25, 0.3) is 5.56 Å². The minimum Gasteiger partial charge on any atom is -0.352 e. The molecule has 7 heteroatoms. The van der Waals surface area contributed by atoms with Gasteiger partial charge in [-0.1, -0.05) is 66.6 Å². The highest BCUT2D eigenvalue weighted by Crippen LogP contribution is 2.17. The Labute approximate surface area is 202 Å². The Morgan fingerprint density at radius 3 is 2.50 bits per heavy atom. The fourth-order valence-corrected chi connectivity index (χ4v) is 4.94. The van der Waals surface area contributed by atoms with E-state index in [2.05, 4.69) is 11.4 Å². The number of carbonyl (C=O) groups is 1. The maximum absolute atomic E-state index is 13.2. The summed E-state index contributed by atoms with van der Waals surface area (Å²) in [7, 11) is 0. The summed E-state index contributed by atoms with van der Waals surface area (Å²) in [6.45, 7) is 3.33. The summed E-state index contributed by atoms with van der Waals surface area (Å²) >= 11 is 1.37. The van der Waals surface area contributed by atoms with Crippen LogP contribution in [0.4, 0.5) is 0 Å². The molecule has 0 saturated heterocycles. The molecule has 0 aliphatic carbocycles. The van der Waals surface area contributed by atoms with E-state index in [9.17, 15) is 14.4 Å². The zero-order chi connectivity index (χ0) is 23.9. The summed E-state index contributed by atoms with van der Waals surface area (Å²) in [5, 5.41) is 4.79. The molecule has 1 N–H and O–H groups in total. The molecule has 2 heterocycles. The quantitative estimate of drug-likeness (QED) is 0.344. The second-order valence-electron chi connectivity index (χ2n) is 8.52. The lowest BCUT2D eigenvalue weighted by molar-refractivity contribution is -0.121. The second kappa shape index (κ2) is 11.1. The van der Waals surface area contributed by atoms with Crippen molar-refractivity contribution in [2.45, 2.75) is 52.2 Å². The van der Waals surface area contributed by atoms with Gasteiger partial charge in [-0.2, -0.15) is 0 Å². The number of unbranched alkanes of at least 4 members (excludes halogenated alkanes) is 2. The lowest BCUT2D eigenvalue weighted by Crippen LogP contribution is -2.39. The van der Waals surface area contributed by atoms with Crippen LogP contribution in [-0.4, -0.2) is 15.0 Å². The van der Waals surface area contributed by atoms with Gasteiger partial charge in [-0.3, -0.25) is 18.7 Å². The number of benzene rings is 2. The molecule has 2 aromatic heterocycles. The Morgan fingerprint density at radius 1 is 0.912 bits per heavy atom. The van der Waals surface area contributed by atoms with E-state index in [1.54, 1.807) is 4.57 Å². The first-order valence-corrected chi connectivity index (χ1v) is 12.5. The molecule has 4 rings (SSSR count). The molecule has 0 aliphatic rings. The number of carbonyl (C=O) groups excluding carboxylic acids is 1. The zero-order valence-electron chi connectivity index (χ0n) is 19.3. The summed E-state index contributed by atoms with van der Waals surface area (Å²) in [4.78, 5) is 38.3. The van der Waals surface area contributed by atoms with E-state index in [1.165, 1.54) is 15.9 Å². The topological polar surface area (TPSA) is 73.1 Å². The molecule has 0 radical (unpaired) electrons. The number of thiophene rings is 1. The number of aryl methyl sites for hydroxylation is 1. The van der Waals surface area contributed by atoms with Gasteiger partial charge < -0.3 is 5.32 Å². The number of hydrogen-bond donors (Lipinski definition) is 1. The van der Waals surface area contributed by atoms with Crippen molar-refractivity contribution in [3.63, 3.8) is 0 Å². The van der Waals surface area contributed by atoms with Gasteiger partial charge in [0.1, 0.15) is 4.70 Å². The van der Waals surface area contributed by atoms with Crippen LogP contribution in [0.5, 0.6) is 0 Å². The molecule has 0 atom stereocenters. The van der Waals surface area contributed by atoms with Crippen LogP contribution in [0.15, 0.2) is 75.6 Å². The highest BCUT2D eigenvalue weighted by molar-refractivity contribution is 7.17. The van der Waals surface area contributed by atoms with Crippen LogP contribution in [0.25, 0.3) is 10.2 Å². The third-order valence-electron chi connectivity index (χ3n) is 5.88. The number of amides is 1. The van der Waals surface area contributed by atoms with Gasteiger partial charge in [-0.25, -0.2) is 4.79 Å². The smallest absolute Gasteiger partial charge is 0.331 e. The molecule has 1 amide bonds. The number of aromatic nitrogens is 2. The number of nitrogens with zero attached hydrogens (tertiary/aromatic N) is 2. The minimum atomic E-state index is -0.280. The Morgan fingerprint density at radius 2 is 1.71 bits per heavy atom. The predicted octanol–water partition coefficient (Wildman–Crippen LogP) is 4.46. The molecular weight excluding hydrogens is 446 g/mol. The fraction of sp³-hybridized carbons (Fsp3) is 0.296. The number of nitrogens with one attached hydrogen (secondary N) is 1. The van der Waals surface area contributed by atoms with E-state index in [4.69, 9.17) is 0 Å². The van der Waals surface area contributed by atoms with Crippen molar-refractivity contribution in [2.24, 2.45) is 0 Å². The van der Waals surface area contributed by atoms with E-state index in [0.29, 0.717) is 49.1 Å². The van der Waals surface area contributed by atoms with Crippen molar-refractivity contribution in [3.8, 4) is 0 Å². The van der Waals surface area contributed by atoms with E-state index in [-0.39, 0.29) is 17.2 Å². The maximum Gasteiger partial charge on any atom is 0.331 e. The number of rotatable bonds is 10. The molecule has 0 fully saturated rings. The van der Waals surface area contributed by atoms with Crippen molar-refractivity contribution < 1.29 is 4.79 Å². The lowest BCUT2D eigenvalue weighted by Gasteiger charge is -2.13. The SMILES string of the molecule is Cc1cccc(Cn2c(=O)n(CCCCCC(=O)NCc3ccccc3)c(=O)c3sccc32)c1. The molecule has 6 nitrogen and oxygen atoms in total. The zero-order valence-corrected chi connectivity index (χ0v) is 20.1. The van der Waals surface area contributed by atoms with Crippen molar-refractivity contribution in [2.75, 3.05) is 0 Å². The lowest BCUT2D eigenvalue weighted by atomic mass is 10.1. The molecule has 0 bridgehead atoms. The monoisotopic (exact) mass is 475 g/mol. The third-order valence-corrected chi connectivity index (χ3v) is 6.77. The molecule has 0 unspecified atom stereocenters. The van der Waals surface area contributed by atoms with Gasteiger partial charge in [0.2, 0.25) is 5.91 Å². The van der Waals surface area contributed by atoms with Crippen LogP contribution < -0.4 is 16.6 Å². The van der Waals surface area contributed by atoms with Gasteiger partial charge in [0.05, 0.1) is 12.1 Å². The Bertz CT molecular complexity index is 1390. The maximum atomic E-state index is 13.2. The molecule has 0 spiro atoms. The number of fused-ring (bicyclic) bond motifs is 1. The van der Waals surface area contributed by atoms with Crippen LogP contribution in [0, 0.1) is 6.92 Å². The molecule has 2 aromatic carbocycles. The molecule has 176 valence electrons. The summed E-state index contributed by atoms with van der Waals surface area (Å²) in [5.41, 5.74) is 3.41. The van der Waals surface area contributed by atoms with Crippen molar-refractivity contribution >= 4 is 27.5 Å². The van der Waals surface area contributed by atoms with Crippen molar-refractivity contribution in [3.05, 3.63) is 104 Å². The normalized spacial score (nSPS) is 11.1. The van der Waals surface area contributed by atoms with Crippen LogP contribution in [0.1, 0.15) is 42.4 Å². The Kier molecular flexibility index (Phi) is 7.75. The van der Waals surface area contributed by atoms with Gasteiger partial charge in [-0.05, 0) is 42.3 Å². The summed E-state index contributed by atoms with van der Waals surface area (Å²) in [6.07, 6.45) is 2.59. The summed E-state index contributed by atoms with van der Waals surface area (Å²) in [6, 6.07) is 19.7. The largest absolute Gasteiger partial charge is 0.352 e. The predicted molar refractivity (Wildman–Crippen MR) is 137 cm³/mol. The van der Waals surface area contributed by atoms with Crippen LogP contribution in [-0.2, 0) is 24.4 Å². The third kappa shape index (κ3) is 5.72. The van der Waals surface area contributed by atoms with E-state index in [0.717, 1.165) is 23.1 Å². The van der Waals surface area contributed by atoms with Crippen molar-refractivity contribution in [1.29, 1.82) is 0 Å². The average molecular weight is 476 g/mol.